The zero-order valence-corrected chi connectivity index (χ0v) is 11.7. The third-order valence-electron chi connectivity index (χ3n) is 2.72. The van der Waals surface area contributed by atoms with E-state index in [2.05, 4.69) is 5.32 Å². The van der Waals surface area contributed by atoms with Gasteiger partial charge in [0.2, 0.25) is 0 Å². The van der Waals surface area contributed by atoms with E-state index in [9.17, 15) is 9.18 Å². The van der Waals surface area contributed by atoms with Crippen LogP contribution in [0.15, 0.2) is 41.0 Å². The lowest BCUT2D eigenvalue weighted by atomic mass is 10.3. The third-order valence-corrected chi connectivity index (χ3v) is 3.04. The Morgan fingerprint density at radius 1 is 1.45 bits per heavy atom. The van der Waals surface area contributed by atoms with Crippen molar-refractivity contribution in [2.75, 3.05) is 18.9 Å². The number of likely N-dealkylation sites (N-methyl/N-ethyl adjacent to an activating group) is 1. The number of hydrogen-bond donors (Lipinski definition) is 2. The van der Waals surface area contributed by atoms with E-state index in [4.69, 9.17) is 16.0 Å². The van der Waals surface area contributed by atoms with Crippen molar-refractivity contribution >= 4 is 23.2 Å². The molecular weight excluding hydrogens is 283 g/mol. The van der Waals surface area contributed by atoms with Gasteiger partial charge in [0.15, 0.2) is 12.3 Å². The summed E-state index contributed by atoms with van der Waals surface area (Å²) in [7, 11) is 1.88. The summed E-state index contributed by atoms with van der Waals surface area (Å²) in [6, 6.07) is 7.52. The molecular formula is C14H15ClFN2O2+. The molecule has 0 radical (unpaired) electrons. The SMILES string of the molecule is C[NH+](CC(=O)Nc1ccc(F)cc1Cl)Cc1ccco1. The summed E-state index contributed by atoms with van der Waals surface area (Å²) in [4.78, 5) is 12.8. The smallest absolute Gasteiger partial charge is 0.279 e. The first-order valence-corrected chi connectivity index (χ1v) is 6.51. The summed E-state index contributed by atoms with van der Waals surface area (Å²) in [6.45, 7) is 0.867. The highest BCUT2D eigenvalue weighted by atomic mass is 35.5. The van der Waals surface area contributed by atoms with Crippen LogP contribution in [0.1, 0.15) is 5.76 Å². The maximum absolute atomic E-state index is 12.9. The number of anilines is 1. The van der Waals surface area contributed by atoms with E-state index in [-0.39, 0.29) is 17.5 Å². The van der Waals surface area contributed by atoms with Crippen molar-refractivity contribution in [3.05, 3.63) is 53.2 Å². The van der Waals surface area contributed by atoms with Crippen molar-refractivity contribution in [1.82, 2.24) is 0 Å². The fourth-order valence-corrected chi connectivity index (χ4v) is 2.05. The van der Waals surface area contributed by atoms with Crippen molar-refractivity contribution in [2.45, 2.75) is 6.54 Å². The maximum atomic E-state index is 12.9. The lowest BCUT2D eigenvalue weighted by Crippen LogP contribution is -3.08. The fourth-order valence-electron chi connectivity index (χ4n) is 1.83. The summed E-state index contributed by atoms with van der Waals surface area (Å²) in [5.74, 6) is 0.186. The molecule has 1 amide bonds. The molecule has 20 heavy (non-hydrogen) atoms. The van der Waals surface area contributed by atoms with Gasteiger partial charge in [0.25, 0.3) is 5.91 Å². The largest absolute Gasteiger partial charge is 0.463 e. The van der Waals surface area contributed by atoms with Gasteiger partial charge in [-0.3, -0.25) is 4.79 Å². The number of quaternary nitrogens is 1. The molecule has 0 saturated heterocycles. The van der Waals surface area contributed by atoms with Crippen LogP contribution in [0.25, 0.3) is 0 Å². The van der Waals surface area contributed by atoms with E-state index in [0.29, 0.717) is 12.2 Å². The number of rotatable bonds is 5. The number of benzene rings is 1. The molecule has 0 aliphatic rings. The van der Waals surface area contributed by atoms with Gasteiger partial charge in [-0.2, -0.15) is 0 Å². The minimum absolute atomic E-state index is 0.182. The molecule has 106 valence electrons. The number of carbonyl (C=O) groups is 1. The zero-order chi connectivity index (χ0) is 14.5. The van der Waals surface area contributed by atoms with E-state index < -0.39 is 5.82 Å². The molecule has 1 unspecified atom stereocenters. The summed E-state index contributed by atoms with van der Waals surface area (Å²) in [5, 5.41) is 2.84. The predicted octanol–water partition coefficient (Wildman–Crippen LogP) is 1.73. The minimum Gasteiger partial charge on any atom is -0.463 e. The molecule has 0 fully saturated rings. The Labute approximate surface area is 121 Å². The highest BCUT2D eigenvalue weighted by molar-refractivity contribution is 6.33. The van der Waals surface area contributed by atoms with E-state index >= 15 is 0 Å². The topological polar surface area (TPSA) is 46.7 Å². The maximum Gasteiger partial charge on any atom is 0.279 e. The summed E-state index contributed by atoms with van der Waals surface area (Å²) >= 11 is 5.85. The zero-order valence-electron chi connectivity index (χ0n) is 11.0. The molecule has 1 aromatic carbocycles. The quantitative estimate of drug-likeness (QED) is 0.883. The van der Waals surface area contributed by atoms with Crippen molar-refractivity contribution in [3.63, 3.8) is 0 Å². The van der Waals surface area contributed by atoms with Gasteiger partial charge in [-0.05, 0) is 30.3 Å². The Morgan fingerprint density at radius 3 is 2.90 bits per heavy atom. The number of hydrogen-bond acceptors (Lipinski definition) is 2. The van der Waals surface area contributed by atoms with Gasteiger partial charge in [0.1, 0.15) is 12.4 Å². The van der Waals surface area contributed by atoms with Crippen LogP contribution in [0.2, 0.25) is 5.02 Å². The van der Waals surface area contributed by atoms with Gasteiger partial charge in [0, 0.05) is 0 Å². The molecule has 0 aliphatic heterocycles. The van der Waals surface area contributed by atoms with E-state index in [1.54, 1.807) is 12.3 Å². The molecule has 6 heteroatoms. The lowest BCUT2D eigenvalue weighted by molar-refractivity contribution is -0.886. The molecule has 4 nitrogen and oxygen atoms in total. The third kappa shape index (κ3) is 4.08. The second kappa shape index (κ2) is 6.54. The van der Waals surface area contributed by atoms with Crippen LogP contribution in [0, 0.1) is 5.82 Å². The van der Waals surface area contributed by atoms with Gasteiger partial charge >= 0.3 is 0 Å². The van der Waals surface area contributed by atoms with Crippen LogP contribution >= 0.6 is 11.6 Å². The van der Waals surface area contributed by atoms with E-state index in [0.717, 1.165) is 16.7 Å². The highest BCUT2D eigenvalue weighted by Crippen LogP contribution is 2.21. The molecule has 2 aromatic rings. The molecule has 1 atom stereocenters. The average molecular weight is 298 g/mol. The van der Waals surface area contributed by atoms with Gasteiger partial charge < -0.3 is 14.6 Å². The molecule has 1 heterocycles. The van der Waals surface area contributed by atoms with Crippen LogP contribution in [-0.2, 0) is 11.3 Å². The molecule has 1 aromatic heterocycles. The summed E-state index contributed by atoms with van der Waals surface area (Å²) < 4.78 is 18.1. The first kappa shape index (κ1) is 14.6. The monoisotopic (exact) mass is 297 g/mol. The van der Waals surface area contributed by atoms with Gasteiger partial charge in [-0.25, -0.2) is 4.39 Å². The minimum atomic E-state index is -0.437. The number of carbonyl (C=O) groups excluding carboxylic acids is 1. The van der Waals surface area contributed by atoms with Crippen molar-refractivity contribution < 1.29 is 18.5 Å². The van der Waals surface area contributed by atoms with E-state index in [1.165, 1.54) is 12.1 Å². The van der Waals surface area contributed by atoms with Gasteiger partial charge in [0.05, 0.1) is 24.0 Å². The van der Waals surface area contributed by atoms with Crippen LogP contribution in [0.5, 0.6) is 0 Å². The van der Waals surface area contributed by atoms with Crippen LogP contribution < -0.4 is 10.2 Å². The standard InChI is InChI=1S/C14H14ClFN2O2/c1-18(8-11-3-2-6-20-11)9-14(19)17-13-5-4-10(16)7-12(13)15/h2-7H,8-9H2,1H3,(H,17,19)/p+1. The molecule has 0 saturated carbocycles. The molecule has 0 bridgehead atoms. The Morgan fingerprint density at radius 2 is 2.25 bits per heavy atom. The van der Waals surface area contributed by atoms with Gasteiger partial charge in [-0.1, -0.05) is 11.6 Å². The van der Waals surface area contributed by atoms with Crippen molar-refractivity contribution in [2.24, 2.45) is 0 Å². The normalized spacial score (nSPS) is 12.2. The lowest BCUT2D eigenvalue weighted by Gasteiger charge is -2.13. The average Bonchev–Trinajstić information content (AvgIpc) is 2.85. The number of furan rings is 1. The first-order chi connectivity index (χ1) is 9.54. The Balaban J connectivity index is 1.88. The molecule has 0 spiro atoms. The summed E-state index contributed by atoms with van der Waals surface area (Å²) in [5.41, 5.74) is 0.406. The summed E-state index contributed by atoms with van der Waals surface area (Å²) in [6.07, 6.45) is 1.60. The molecule has 2 rings (SSSR count). The van der Waals surface area contributed by atoms with Crippen LogP contribution in [0.4, 0.5) is 10.1 Å². The Hall–Kier alpha value is -1.85. The number of amides is 1. The molecule has 0 aliphatic carbocycles. The molecule has 2 N–H and O–H groups in total. The number of halogens is 2. The Kier molecular flexibility index (Phi) is 4.76. The van der Waals surface area contributed by atoms with Crippen molar-refractivity contribution in [1.29, 1.82) is 0 Å². The fraction of sp³-hybridized carbons (Fsp3) is 0.214. The predicted molar refractivity (Wildman–Crippen MR) is 74.2 cm³/mol. The van der Waals surface area contributed by atoms with E-state index in [1.807, 2.05) is 13.1 Å². The second-order valence-electron chi connectivity index (χ2n) is 4.56. The van der Waals surface area contributed by atoms with Crippen molar-refractivity contribution in [3.8, 4) is 0 Å². The van der Waals surface area contributed by atoms with Crippen LogP contribution in [0.3, 0.4) is 0 Å². The number of nitrogens with one attached hydrogen (secondary N) is 2. The Bertz CT molecular complexity index is 587. The highest BCUT2D eigenvalue weighted by Gasteiger charge is 2.13. The van der Waals surface area contributed by atoms with Crippen LogP contribution in [-0.4, -0.2) is 19.5 Å². The second-order valence-corrected chi connectivity index (χ2v) is 4.97. The van der Waals surface area contributed by atoms with Gasteiger partial charge in [-0.15, -0.1) is 0 Å². The first-order valence-electron chi connectivity index (χ1n) is 6.13.